The fourth-order valence-corrected chi connectivity index (χ4v) is 2.12. The monoisotopic (exact) mass is 337 g/mol. The van der Waals surface area contributed by atoms with E-state index in [4.69, 9.17) is 25.8 Å². The standard InChI is InChI=1S/C15H24ClNO3.ClH/c1-4-19-8-6-7-17-11-12-9-13(16)15(20-5-2)14(10-12)18-3;/h9-10,17H,4-8,11H2,1-3H3;1H. The first kappa shape index (κ1) is 20.3. The van der Waals surface area contributed by atoms with E-state index in [-0.39, 0.29) is 12.4 Å². The van der Waals surface area contributed by atoms with Crippen molar-refractivity contribution in [1.82, 2.24) is 5.32 Å². The van der Waals surface area contributed by atoms with Crippen molar-refractivity contribution in [2.45, 2.75) is 26.8 Å². The molecule has 1 aromatic carbocycles. The van der Waals surface area contributed by atoms with Crippen LogP contribution >= 0.6 is 24.0 Å². The number of rotatable bonds is 10. The van der Waals surface area contributed by atoms with Crippen LogP contribution < -0.4 is 14.8 Å². The molecule has 0 aliphatic heterocycles. The molecule has 6 heteroatoms. The highest BCUT2D eigenvalue weighted by Gasteiger charge is 2.11. The van der Waals surface area contributed by atoms with E-state index >= 15 is 0 Å². The van der Waals surface area contributed by atoms with Gasteiger partial charge in [0.25, 0.3) is 0 Å². The van der Waals surface area contributed by atoms with Gasteiger partial charge in [0.1, 0.15) is 0 Å². The molecule has 0 bridgehead atoms. The second kappa shape index (κ2) is 11.9. The molecular formula is C15H25Cl2NO3. The smallest absolute Gasteiger partial charge is 0.179 e. The van der Waals surface area contributed by atoms with Crippen LogP contribution in [0.3, 0.4) is 0 Å². The molecular weight excluding hydrogens is 313 g/mol. The largest absolute Gasteiger partial charge is 0.493 e. The van der Waals surface area contributed by atoms with Crippen molar-refractivity contribution >= 4 is 24.0 Å². The van der Waals surface area contributed by atoms with Crippen LogP contribution in [0, 0.1) is 0 Å². The van der Waals surface area contributed by atoms with Crippen LogP contribution in [0.2, 0.25) is 5.02 Å². The van der Waals surface area contributed by atoms with Gasteiger partial charge in [0.2, 0.25) is 0 Å². The Morgan fingerprint density at radius 2 is 1.95 bits per heavy atom. The Labute approximate surface area is 138 Å². The summed E-state index contributed by atoms with van der Waals surface area (Å²) < 4.78 is 16.1. The summed E-state index contributed by atoms with van der Waals surface area (Å²) in [6, 6.07) is 3.86. The van der Waals surface area contributed by atoms with E-state index < -0.39 is 0 Å². The highest BCUT2D eigenvalue weighted by Crippen LogP contribution is 2.36. The predicted octanol–water partition coefficient (Wildman–Crippen LogP) is 3.69. The van der Waals surface area contributed by atoms with E-state index in [0.717, 1.165) is 38.3 Å². The average molecular weight is 338 g/mol. The van der Waals surface area contributed by atoms with Gasteiger partial charge in [0, 0.05) is 19.8 Å². The van der Waals surface area contributed by atoms with Crippen molar-refractivity contribution < 1.29 is 14.2 Å². The topological polar surface area (TPSA) is 39.7 Å². The van der Waals surface area contributed by atoms with Gasteiger partial charge < -0.3 is 19.5 Å². The molecule has 0 fully saturated rings. The normalized spacial score (nSPS) is 10.1. The first-order valence-corrected chi connectivity index (χ1v) is 7.38. The van der Waals surface area contributed by atoms with E-state index in [9.17, 15) is 0 Å². The lowest BCUT2D eigenvalue weighted by molar-refractivity contribution is 0.144. The minimum atomic E-state index is 0. The van der Waals surface area contributed by atoms with Crippen LogP contribution in [0.5, 0.6) is 11.5 Å². The highest BCUT2D eigenvalue weighted by molar-refractivity contribution is 6.32. The van der Waals surface area contributed by atoms with Crippen LogP contribution in [0.4, 0.5) is 0 Å². The lowest BCUT2D eigenvalue weighted by Crippen LogP contribution is -2.16. The molecule has 1 aromatic rings. The van der Waals surface area contributed by atoms with Gasteiger partial charge >= 0.3 is 0 Å². The summed E-state index contributed by atoms with van der Waals surface area (Å²) >= 11 is 6.22. The summed E-state index contributed by atoms with van der Waals surface area (Å²) in [5.74, 6) is 1.28. The van der Waals surface area contributed by atoms with E-state index in [0.29, 0.717) is 23.1 Å². The number of benzene rings is 1. The third-order valence-corrected chi connectivity index (χ3v) is 3.03. The molecule has 0 aliphatic carbocycles. The molecule has 122 valence electrons. The number of halogens is 2. The summed E-state index contributed by atoms with van der Waals surface area (Å²) in [5.41, 5.74) is 1.08. The lowest BCUT2D eigenvalue weighted by atomic mass is 10.2. The van der Waals surface area contributed by atoms with Gasteiger partial charge in [-0.15, -0.1) is 12.4 Å². The molecule has 0 amide bonds. The van der Waals surface area contributed by atoms with Crippen molar-refractivity contribution in [2.24, 2.45) is 0 Å². The first-order valence-electron chi connectivity index (χ1n) is 7.00. The van der Waals surface area contributed by atoms with E-state index in [1.807, 2.05) is 26.0 Å². The van der Waals surface area contributed by atoms with Gasteiger partial charge in [-0.2, -0.15) is 0 Å². The minimum absolute atomic E-state index is 0. The van der Waals surface area contributed by atoms with Crippen molar-refractivity contribution in [2.75, 3.05) is 33.5 Å². The highest BCUT2D eigenvalue weighted by atomic mass is 35.5. The zero-order chi connectivity index (χ0) is 14.8. The zero-order valence-corrected chi connectivity index (χ0v) is 14.5. The molecule has 0 saturated carbocycles. The number of methoxy groups -OCH3 is 1. The molecule has 0 saturated heterocycles. The zero-order valence-electron chi connectivity index (χ0n) is 12.9. The fourth-order valence-electron chi connectivity index (χ4n) is 1.84. The Morgan fingerprint density at radius 3 is 2.57 bits per heavy atom. The third kappa shape index (κ3) is 7.23. The van der Waals surface area contributed by atoms with Gasteiger partial charge in [0.05, 0.1) is 18.7 Å². The van der Waals surface area contributed by atoms with Crippen LogP contribution in [-0.2, 0) is 11.3 Å². The Balaban J connectivity index is 0.00000400. The molecule has 0 heterocycles. The fraction of sp³-hybridized carbons (Fsp3) is 0.600. The molecule has 0 aromatic heterocycles. The average Bonchev–Trinajstić information content (AvgIpc) is 2.45. The second-order valence-corrected chi connectivity index (χ2v) is 4.68. The first-order chi connectivity index (χ1) is 9.72. The van der Waals surface area contributed by atoms with Crippen LogP contribution in [0.1, 0.15) is 25.8 Å². The summed E-state index contributed by atoms with van der Waals surface area (Å²) in [5, 5.41) is 3.94. The summed E-state index contributed by atoms with van der Waals surface area (Å²) in [6.07, 6.45) is 0.996. The van der Waals surface area contributed by atoms with Gasteiger partial charge in [-0.3, -0.25) is 0 Å². The summed E-state index contributed by atoms with van der Waals surface area (Å²) in [7, 11) is 1.62. The summed E-state index contributed by atoms with van der Waals surface area (Å²) in [6.45, 7) is 7.70. The Kier molecular flexibility index (Phi) is 11.5. The number of hydrogen-bond acceptors (Lipinski definition) is 4. The van der Waals surface area contributed by atoms with Gasteiger partial charge in [-0.05, 0) is 44.5 Å². The molecule has 0 unspecified atom stereocenters. The predicted molar refractivity (Wildman–Crippen MR) is 89.2 cm³/mol. The molecule has 0 aliphatic rings. The van der Waals surface area contributed by atoms with Crippen LogP contribution in [0.15, 0.2) is 12.1 Å². The molecule has 0 atom stereocenters. The summed E-state index contributed by atoms with van der Waals surface area (Å²) in [4.78, 5) is 0. The second-order valence-electron chi connectivity index (χ2n) is 4.27. The van der Waals surface area contributed by atoms with E-state index in [2.05, 4.69) is 5.32 Å². The third-order valence-electron chi connectivity index (χ3n) is 2.75. The maximum Gasteiger partial charge on any atom is 0.179 e. The molecule has 4 nitrogen and oxygen atoms in total. The Morgan fingerprint density at radius 1 is 1.19 bits per heavy atom. The van der Waals surface area contributed by atoms with Crippen molar-refractivity contribution in [1.29, 1.82) is 0 Å². The Bertz CT molecular complexity index is 403. The van der Waals surface area contributed by atoms with E-state index in [1.54, 1.807) is 7.11 Å². The lowest BCUT2D eigenvalue weighted by Gasteiger charge is -2.13. The van der Waals surface area contributed by atoms with Crippen molar-refractivity contribution in [3.05, 3.63) is 22.7 Å². The number of hydrogen-bond donors (Lipinski definition) is 1. The maximum atomic E-state index is 6.22. The van der Waals surface area contributed by atoms with Crippen molar-refractivity contribution in [3.8, 4) is 11.5 Å². The quantitative estimate of drug-likeness (QED) is 0.661. The minimum Gasteiger partial charge on any atom is -0.493 e. The van der Waals surface area contributed by atoms with Crippen molar-refractivity contribution in [3.63, 3.8) is 0 Å². The Hall–Kier alpha value is -0.680. The molecule has 1 rings (SSSR count). The maximum absolute atomic E-state index is 6.22. The molecule has 0 spiro atoms. The van der Waals surface area contributed by atoms with Crippen LogP contribution in [0.25, 0.3) is 0 Å². The van der Waals surface area contributed by atoms with Crippen LogP contribution in [-0.4, -0.2) is 33.5 Å². The molecule has 1 N–H and O–H groups in total. The van der Waals surface area contributed by atoms with Gasteiger partial charge in [-0.1, -0.05) is 11.6 Å². The number of nitrogens with one attached hydrogen (secondary N) is 1. The number of ether oxygens (including phenoxy) is 3. The van der Waals surface area contributed by atoms with Gasteiger partial charge in [0.15, 0.2) is 11.5 Å². The van der Waals surface area contributed by atoms with E-state index in [1.165, 1.54) is 0 Å². The molecule has 21 heavy (non-hydrogen) atoms. The SMILES string of the molecule is CCOCCCNCc1cc(Cl)c(OCC)c(OC)c1.Cl. The molecule has 0 radical (unpaired) electrons. The van der Waals surface area contributed by atoms with Gasteiger partial charge in [-0.25, -0.2) is 0 Å².